The second kappa shape index (κ2) is 5.49. The molecule has 1 saturated heterocycles. The van der Waals surface area contributed by atoms with E-state index in [0.29, 0.717) is 6.04 Å². The Morgan fingerprint density at radius 2 is 1.57 bits per heavy atom. The average molecular weight is 342 g/mol. The summed E-state index contributed by atoms with van der Waals surface area (Å²) in [6, 6.07) is 18.5. The van der Waals surface area contributed by atoms with Gasteiger partial charge in [-0.1, -0.05) is 40.2 Å². The first-order valence-electron chi connectivity index (χ1n) is 7.94. The van der Waals surface area contributed by atoms with Crippen LogP contribution in [0, 0.1) is 0 Å². The van der Waals surface area contributed by atoms with Gasteiger partial charge in [-0.3, -0.25) is 0 Å². The van der Waals surface area contributed by atoms with Crippen LogP contribution in [0.25, 0.3) is 0 Å². The van der Waals surface area contributed by atoms with Crippen LogP contribution >= 0.6 is 15.9 Å². The molecule has 0 bridgehead atoms. The molecule has 0 aromatic heterocycles. The molecule has 2 aromatic carbocycles. The molecule has 1 nitrogen and oxygen atoms in total. The predicted molar refractivity (Wildman–Crippen MR) is 91.9 cm³/mol. The van der Waals surface area contributed by atoms with Crippen molar-refractivity contribution < 1.29 is 0 Å². The third-order valence-electron chi connectivity index (χ3n) is 4.78. The van der Waals surface area contributed by atoms with E-state index >= 15 is 0 Å². The van der Waals surface area contributed by atoms with Crippen molar-refractivity contribution in [1.29, 1.82) is 0 Å². The van der Waals surface area contributed by atoms with Crippen molar-refractivity contribution in [3.8, 4) is 0 Å². The first-order chi connectivity index (χ1) is 10.3. The molecule has 2 fully saturated rings. The lowest BCUT2D eigenvalue weighted by atomic mass is 9.95. The van der Waals surface area contributed by atoms with Gasteiger partial charge in [0.25, 0.3) is 0 Å². The molecule has 1 saturated carbocycles. The Morgan fingerprint density at radius 1 is 0.857 bits per heavy atom. The summed E-state index contributed by atoms with van der Waals surface area (Å²) in [5, 5.41) is 0. The summed E-state index contributed by atoms with van der Waals surface area (Å²) >= 11 is 3.53. The Hall–Kier alpha value is -1.28. The largest absolute Gasteiger partial charge is 0.364 e. The number of rotatable bonds is 3. The van der Waals surface area contributed by atoms with E-state index in [2.05, 4.69) is 69.4 Å². The highest BCUT2D eigenvalue weighted by atomic mass is 79.9. The lowest BCUT2D eigenvalue weighted by molar-refractivity contribution is 0.709. The van der Waals surface area contributed by atoms with Gasteiger partial charge in [-0.2, -0.15) is 0 Å². The van der Waals surface area contributed by atoms with E-state index in [-0.39, 0.29) is 0 Å². The van der Waals surface area contributed by atoms with Crippen LogP contribution < -0.4 is 4.90 Å². The maximum absolute atomic E-state index is 3.53. The minimum Gasteiger partial charge on any atom is -0.364 e. The number of hydrogen-bond donors (Lipinski definition) is 0. The van der Waals surface area contributed by atoms with E-state index in [0.717, 1.165) is 10.4 Å². The summed E-state index contributed by atoms with van der Waals surface area (Å²) in [6.07, 6.45) is 5.32. The second-order valence-corrected chi connectivity index (χ2v) is 7.15. The zero-order valence-corrected chi connectivity index (χ0v) is 13.7. The minimum atomic E-state index is 0.558. The molecule has 0 spiro atoms. The first-order valence-corrected chi connectivity index (χ1v) is 8.73. The van der Waals surface area contributed by atoms with E-state index < -0.39 is 0 Å². The van der Waals surface area contributed by atoms with Crippen LogP contribution in [0.4, 0.5) is 5.69 Å². The highest BCUT2D eigenvalue weighted by molar-refractivity contribution is 9.10. The monoisotopic (exact) mass is 341 g/mol. The lowest BCUT2D eigenvalue weighted by Gasteiger charge is -2.29. The Balaban J connectivity index is 1.69. The van der Waals surface area contributed by atoms with Crippen LogP contribution in [-0.2, 0) is 0 Å². The van der Waals surface area contributed by atoms with E-state index in [9.17, 15) is 0 Å². The standard InChI is InChI=1S/C19H20BrN/c20-15-9-11-16(12-10-15)21-13-3-6-19(21)18-5-2-1-4-17(18)14-7-8-14/h1-2,4-5,9-12,14,19H,3,6-8,13H2. The Labute approximate surface area is 135 Å². The van der Waals surface area contributed by atoms with Crippen molar-refractivity contribution in [2.24, 2.45) is 0 Å². The Morgan fingerprint density at radius 3 is 2.29 bits per heavy atom. The molecule has 1 atom stereocenters. The highest BCUT2D eigenvalue weighted by Crippen LogP contribution is 2.46. The first kappa shape index (κ1) is 13.4. The molecule has 0 radical (unpaired) electrons. The summed E-state index contributed by atoms with van der Waals surface area (Å²) in [5.74, 6) is 0.827. The third kappa shape index (κ3) is 2.62. The molecular formula is C19H20BrN. The van der Waals surface area contributed by atoms with E-state index in [1.807, 2.05) is 0 Å². The van der Waals surface area contributed by atoms with Crippen molar-refractivity contribution >= 4 is 21.6 Å². The van der Waals surface area contributed by atoms with E-state index in [1.165, 1.54) is 37.9 Å². The third-order valence-corrected chi connectivity index (χ3v) is 5.31. The number of halogens is 1. The van der Waals surface area contributed by atoms with Gasteiger partial charge in [-0.15, -0.1) is 0 Å². The zero-order chi connectivity index (χ0) is 14.2. The van der Waals surface area contributed by atoms with E-state index in [4.69, 9.17) is 0 Å². The fourth-order valence-corrected chi connectivity index (χ4v) is 3.88. The van der Waals surface area contributed by atoms with Crippen LogP contribution in [0.3, 0.4) is 0 Å². The van der Waals surface area contributed by atoms with Gasteiger partial charge in [0.15, 0.2) is 0 Å². The van der Waals surface area contributed by atoms with Gasteiger partial charge in [0.1, 0.15) is 0 Å². The molecule has 0 amide bonds. The topological polar surface area (TPSA) is 3.24 Å². The maximum Gasteiger partial charge on any atom is 0.0545 e. The van der Waals surface area contributed by atoms with Crippen LogP contribution in [0.2, 0.25) is 0 Å². The minimum absolute atomic E-state index is 0.558. The zero-order valence-electron chi connectivity index (χ0n) is 12.1. The van der Waals surface area contributed by atoms with Gasteiger partial charge in [0, 0.05) is 16.7 Å². The second-order valence-electron chi connectivity index (χ2n) is 6.23. The number of anilines is 1. The summed E-state index contributed by atoms with van der Waals surface area (Å²) < 4.78 is 1.15. The smallest absolute Gasteiger partial charge is 0.0545 e. The molecule has 21 heavy (non-hydrogen) atoms. The summed E-state index contributed by atoms with van der Waals surface area (Å²) in [5.41, 5.74) is 4.53. The molecule has 1 aliphatic heterocycles. The van der Waals surface area contributed by atoms with Gasteiger partial charge in [0.05, 0.1) is 6.04 Å². The summed E-state index contributed by atoms with van der Waals surface area (Å²) in [6.45, 7) is 1.17. The molecule has 108 valence electrons. The predicted octanol–water partition coefficient (Wildman–Crippen LogP) is 5.67. The highest BCUT2D eigenvalue weighted by Gasteiger charge is 2.32. The summed E-state index contributed by atoms with van der Waals surface area (Å²) in [4.78, 5) is 2.59. The van der Waals surface area contributed by atoms with Crippen LogP contribution in [-0.4, -0.2) is 6.54 Å². The van der Waals surface area contributed by atoms with Gasteiger partial charge in [-0.25, -0.2) is 0 Å². The number of nitrogens with zero attached hydrogens (tertiary/aromatic N) is 1. The average Bonchev–Trinajstić information content (AvgIpc) is 3.25. The number of hydrogen-bond acceptors (Lipinski definition) is 1. The molecule has 0 N–H and O–H groups in total. The van der Waals surface area contributed by atoms with Crippen LogP contribution in [0.5, 0.6) is 0 Å². The molecule has 1 heterocycles. The van der Waals surface area contributed by atoms with Crippen molar-refractivity contribution in [1.82, 2.24) is 0 Å². The Bertz CT molecular complexity index is 630. The van der Waals surface area contributed by atoms with Gasteiger partial charge in [-0.05, 0) is 67.0 Å². The molecule has 1 aliphatic carbocycles. The quantitative estimate of drug-likeness (QED) is 0.695. The van der Waals surface area contributed by atoms with Crippen molar-refractivity contribution in [3.63, 3.8) is 0 Å². The molecule has 4 rings (SSSR count). The number of benzene rings is 2. The SMILES string of the molecule is Brc1ccc(N2CCCC2c2ccccc2C2CC2)cc1. The van der Waals surface area contributed by atoms with Crippen LogP contribution in [0.15, 0.2) is 53.0 Å². The van der Waals surface area contributed by atoms with Gasteiger partial charge >= 0.3 is 0 Å². The van der Waals surface area contributed by atoms with Crippen molar-refractivity contribution in [2.45, 2.75) is 37.6 Å². The molecule has 1 unspecified atom stereocenters. The molecule has 2 aromatic rings. The maximum atomic E-state index is 3.53. The van der Waals surface area contributed by atoms with Crippen molar-refractivity contribution in [2.75, 3.05) is 11.4 Å². The van der Waals surface area contributed by atoms with Crippen LogP contribution in [0.1, 0.15) is 48.8 Å². The fourth-order valence-electron chi connectivity index (χ4n) is 3.61. The normalized spacial score (nSPS) is 21.8. The lowest BCUT2D eigenvalue weighted by Crippen LogP contribution is -2.23. The van der Waals surface area contributed by atoms with E-state index in [1.54, 1.807) is 11.1 Å². The van der Waals surface area contributed by atoms with Gasteiger partial charge in [0.2, 0.25) is 0 Å². The molecule has 2 heteroatoms. The molecular weight excluding hydrogens is 322 g/mol. The fraction of sp³-hybridized carbons (Fsp3) is 0.368. The molecule has 2 aliphatic rings. The Kier molecular flexibility index (Phi) is 3.50. The summed E-state index contributed by atoms with van der Waals surface area (Å²) in [7, 11) is 0. The van der Waals surface area contributed by atoms with Gasteiger partial charge < -0.3 is 4.90 Å². The van der Waals surface area contributed by atoms with Crippen molar-refractivity contribution in [3.05, 3.63) is 64.1 Å².